The fourth-order valence-corrected chi connectivity index (χ4v) is 2.86. The summed E-state index contributed by atoms with van der Waals surface area (Å²) in [5.41, 5.74) is 1.51. The Morgan fingerprint density at radius 2 is 1.88 bits per heavy atom. The molecule has 0 radical (unpaired) electrons. The van der Waals surface area contributed by atoms with Crippen molar-refractivity contribution in [1.82, 2.24) is 14.7 Å². The van der Waals surface area contributed by atoms with Gasteiger partial charge in [0.2, 0.25) is 0 Å². The minimum atomic E-state index is -0.414. The highest BCUT2D eigenvalue weighted by Gasteiger charge is 2.11. The largest absolute Gasteiger partial charge is 0.283 e. The molecule has 1 heterocycles. The van der Waals surface area contributed by atoms with Crippen LogP contribution in [-0.4, -0.2) is 26.7 Å². The van der Waals surface area contributed by atoms with Crippen molar-refractivity contribution in [2.75, 3.05) is 7.05 Å². The van der Waals surface area contributed by atoms with Crippen molar-refractivity contribution in [3.05, 3.63) is 80.3 Å². The fraction of sp³-hybridized carbons (Fsp3) is 0.222. The van der Waals surface area contributed by atoms with E-state index in [1.54, 1.807) is 18.2 Å². The molecule has 0 amide bonds. The van der Waals surface area contributed by atoms with E-state index in [0.29, 0.717) is 18.6 Å². The number of hydrogen-bond donors (Lipinski definition) is 0. The van der Waals surface area contributed by atoms with Crippen LogP contribution >= 0.6 is 0 Å². The summed E-state index contributed by atoms with van der Waals surface area (Å²) in [6.45, 7) is 2.65. The molecular formula is C18H18N4O3. The number of fused-ring (bicyclic) bond motifs is 1. The van der Waals surface area contributed by atoms with E-state index in [0.717, 1.165) is 16.6 Å². The number of benzene rings is 2. The van der Waals surface area contributed by atoms with Crippen LogP contribution < -0.4 is 5.56 Å². The molecule has 3 rings (SSSR count). The van der Waals surface area contributed by atoms with Gasteiger partial charge in [0.05, 0.1) is 22.7 Å². The predicted molar refractivity (Wildman–Crippen MR) is 95.3 cm³/mol. The molecular weight excluding hydrogens is 320 g/mol. The van der Waals surface area contributed by atoms with E-state index in [4.69, 9.17) is 0 Å². The molecule has 7 nitrogen and oxygen atoms in total. The van der Waals surface area contributed by atoms with Gasteiger partial charge in [0, 0.05) is 24.1 Å². The molecule has 7 heteroatoms. The Morgan fingerprint density at radius 1 is 1.16 bits per heavy atom. The zero-order valence-corrected chi connectivity index (χ0v) is 14.0. The average Bonchev–Trinajstić information content (AvgIpc) is 2.59. The van der Waals surface area contributed by atoms with Crippen LogP contribution in [0.5, 0.6) is 0 Å². The van der Waals surface area contributed by atoms with E-state index >= 15 is 0 Å². The van der Waals surface area contributed by atoms with Crippen LogP contribution in [0.3, 0.4) is 0 Å². The average molecular weight is 338 g/mol. The van der Waals surface area contributed by atoms with E-state index in [2.05, 4.69) is 5.10 Å². The summed E-state index contributed by atoms with van der Waals surface area (Å²) >= 11 is 0. The molecule has 25 heavy (non-hydrogen) atoms. The lowest BCUT2D eigenvalue weighted by molar-refractivity contribution is -0.384. The van der Waals surface area contributed by atoms with Gasteiger partial charge in [-0.3, -0.25) is 19.8 Å². The van der Waals surface area contributed by atoms with Crippen LogP contribution in [0, 0.1) is 17.0 Å². The summed E-state index contributed by atoms with van der Waals surface area (Å²) in [5.74, 6) is 0. The monoisotopic (exact) mass is 338 g/mol. The molecule has 0 spiro atoms. The maximum absolute atomic E-state index is 12.6. The third-order valence-electron chi connectivity index (χ3n) is 4.00. The highest BCUT2D eigenvalue weighted by Crippen LogP contribution is 2.15. The molecule has 0 atom stereocenters. The van der Waals surface area contributed by atoms with Crippen LogP contribution in [0.25, 0.3) is 10.8 Å². The van der Waals surface area contributed by atoms with Crippen LogP contribution in [0.2, 0.25) is 0 Å². The number of aromatic nitrogens is 2. The van der Waals surface area contributed by atoms with Gasteiger partial charge in [0.25, 0.3) is 11.2 Å². The second-order valence-electron chi connectivity index (χ2n) is 6.02. The Hall–Kier alpha value is -3.06. The Kier molecular flexibility index (Phi) is 4.58. The number of nitro groups is 1. The van der Waals surface area contributed by atoms with E-state index in [1.165, 1.54) is 10.7 Å². The van der Waals surface area contributed by atoms with Crippen LogP contribution in [0.15, 0.2) is 53.3 Å². The number of rotatable bonds is 5. The lowest BCUT2D eigenvalue weighted by Gasteiger charge is -2.18. The van der Waals surface area contributed by atoms with Crippen molar-refractivity contribution in [3.63, 3.8) is 0 Å². The van der Waals surface area contributed by atoms with Crippen molar-refractivity contribution >= 4 is 16.5 Å². The van der Waals surface area contributed by atoms with Crippen molar-refractivity contribution in [3.8, 4) is 0 Å². The minimum absolute atomic E-state index is 0.0581. The van der Waals surface area contributed by atoms with Gasteiger partial charge in [-0.2, -0.15) is 5.10 Å². The molecule has 0 aliphatic carbocycles. The summed E-state index contributed by atoms with van der Waals surface area (Å²) in [7, 11) is 1.84. The van der Waals surface area contributed by atoms with E-state index < -0.39 is 4.92 Å². The van der Waals surface area contributed by atoms with E-state index in [1.807, 2.05) is 43.1 Å². The van der Waals surface area contributed by atoms with Crippen LogP contribution in [0.1, 0.15) is 11.3 Å². The molecule has 128 valence electrons. The Morgan fingerprint density at radius 3 is 2.60 bits per heavy atom. The van der Waals surface area contributed by atoms with Crippen LogP contribution in [0.4, 0.5) is 5.69 Å². The molecule has 0 unspecified atom stereocenters. The first kappa shape index (κ1) is 16.8. The number of non-ortho nitro benzene ring substituents is 1. The molecule has 2 aromatic carbocycles. The van der Waals surface area contributed by atoms with Crippen LogP contribution in [-0.2, 0) is 13.2 Å². The Labute approximate surface area is 144 Å². The number of aryl methyl sites for hydroxylation is 1. The number of nitro benzene ring substituents is 1. The van der Waals surface area contributed by atoms with Gasteiger partial charge in [0.15, 0.2) is 0 Å². The summed E-state index contributed by atoms with van der Waals surface area (Å²) in [4.78, 5) is 24.9. The first-order valence-electron chi connectivity index (χ1n) is 7.84. The standard InChI is InChI=1S/C18H18N4O3/c1-13-16-8-3-4-9-17(16)18(23)21(19-13)12-20(2)11-14-6-5-7-15(10-14)22(24)25/h3-10H,11-12H2,1-2H3. The smallest absolute Gasteiger partial charge is 0.275 e. The SMILES string of the molecule is Cc1nn(CN(C)Cc2cccc([N+](=O)[O-])c2)c(=O)c2ccccc12. The number of hydrogen-bond acceptors (Lipinski definition) is 5. The summed E-state index contributed by atoms with van der Waals surface area (Å²) in [6, 6.07) is 13.9. The summed E-state index contributed by atoms with van der Waals surface area (Å²) in [6.07, 6.45) is 0. The van der Waals surface area contributed by atoms with Gasteiger partial charge in [0.1, 0.15) is 0 Å². The highest BCUT2D eigenvalue weighted by atomic mass is 16.6. The molecule has 0 aliphatic heterocycles. The van der Waals surface area contributed by atoms with Crippen molar-refractivity contribution in [1.29, 1.82) is 0 Å². The first-order valence-corrected chi connectivity index (χ1v) is 7.84. The third-order valence-corrected chi connectivity index (χ3v) is 4.00. The molecule has 0 saturated heterocycles. The molecule has 0 fully saturated rings. The molecule has 1 aromatic heterocycles. The van der Waals surface area contributed by atoms with Gasteiger partial charge >= 0.3 is 0 Å². The van der Waals surface area contributed by atoms with Gasteiger partial charge in [-0.1, -0.05) is 30.3 Å². The van der Waals surface area contributed by atoms with Gasteiger partial charge in [-0.25, -0.2) is 4.68 Å². The normalized spacial score (nSPS) is 11.2. The zero-order chi connectivity index (χ0) is 18.0. The fourth-order valence-electron chi connectivity index (χ4n) is 2.86. The van der Waals surface area contributed by atoms with E-state index in [-0.39, 0.29) is 11.2 Å². The quantitative estimate of drug-likeness (QED) is 0.528. The first-order chi connectivity index (χ1) is 12.0. The number of nitrogens with zero attached hydrogens (tertiary/aromatic N) is 4. The molecule has 0 N–H and O–H groups in total. The molecule has 0 bridgehead atoms. The van der Waals surface area contributed by atoms with Gasteiger partial charge in [-0.05, 0) is 25.6 Å². The van der Waals surface area contributed by atoms with Gasteiger partial charge in [-0.15, -0.1) is 0 Å². The Bertz CT molecular complexity index is 997. The lowest BCUT2D eigenvalue weighted by atomic mass is 10.1. The molecule has 0 aliphatic rings. The van der Waals surface area contributed by atoms with Crippen molar-refractivity contribution in [2.24, 2.45) is 0 Å². The topological polar surface area (TPSA) is 81.3 Å². The predicted octanol–water partition coefficient (Wildman–Crippen LogP) is 2.70. The highest BCUT2D eigenvalue weighted by molar-refractivity contribution is 5.83. The maximum atomic E-state index is 12.6. The minimum Gasteiger partial charge on any atom is -0.283 e. The van der Waals surface area contributed by atoms with Gasteiger partial charge < -0.3 is 0 Å². The maximum Gasteiger partial charge on any atom is 0.275 e. The second-order valence-corrected chi connectivity index (χ2v) is 6.02. The zero-order valence-electron chi connectivity index (χ0n) is 14.0. The second kappa shape index (κ2) is 6.82. The summed E-state index contributed by atoms with van der Waals surface area (Å²) < 4.78 is 1.43. The molecule has 0 saturated carbocycles. The van der Waals surface area contributed by atoms with Crippen molar-refractivity contribution < 1.29 is 4.92 Å². The lowest BCUT2D eigenvalue weighted by Crippen LogP contribution is -2.32. The van der Waals surface area contributed by atoms with Crippen molar-refractivity contribution in [2.45, 2.75) is 20.1 Å². The third kappa shape index (κ3) is 3.56. The summed E-state index contributed by atoms with van der Waals surface area (Å²) in [5, 5.41) is 16.7. The molecule has 3 aromatic rings. The Balaban J connectivity index is 1.84. The van der Waals surface area contributed by atoms with E-state index in [9.17, 15) is 14.9 Å².